The number of carbonyl (C=O) groups excluding carboxylic acids is 2. The molecule has 0 unspecified atom stereocenters. The Hall–Kier alpha value is -2.96. The van der Waals surface area contributed by atoms with E-state index >= 15 is 0 Å². The lowest BCUT2D eigenvalue weighted by atomic mass is 10.1. The van der Waals surface area contributed by atoms with Gasteiger partial charge in [-0.25, -0.2) is 4.79 Å². The first kappa shape index (κ1) is 18.8. The number of aliphatic hydroxyl groups is 1. The van der Waals surface area contributed by atoms with Crippen LogP contribution in [-0.4, -0.2) is 24.1 Å². The van der Waals surface area contributed by atoms with E-state index in [0.29, 0.717) is 17.7 Å². The van der Waals surface area contributed by atoms with Gasteiger partial charge in [-0.2, -0.15) is 0 Å². The molecule has 0 radical (unpaired) electrons. The third-order valence-corrected chi connectivity index (χ3v) is 5.20. The van der Waals surface area contributed by atoms with E-state index in [1.807, 2.05) is 42.5 Å². The van der Waals surface area contributed by atoms with E-state index in [0.717, 1.165) is 15.3 Å². The molecule has 0 fully saturated rings. The quantitative estimate of drug-likeness (QED) is 0.641. The molecule has 5 nitrogen and oxygen atoms in total. The third-order valence-electron chi connectivity index (χ3n) is 4.06. The molecule has 1 aromatic heterocycles. The van der Waals surface area contributed by atoms with Gasteiger partial charge in [0.15, 0.2) is 0 Å². The summed E-state index contributed by atoms with van der Waals surface area (Å²) >= 11 is 1.46. The van der Waals surface area contributed by atoms with Gasteiger partial charge in [-0.3, -0.25) is 4.79 Å². The van der Waals surface area contributed by atoms with Crippen molar-refractivity contribution in [2.24, 2.45) is 0 Å². The largest absolute Gasteiger partial charge is 0.465 e. The summed E-state index contributed by atoms with van der Waals surface area (Å²) in [4.78, 5) is 25.5. The van der Waals surface area contributed by atoms with E-state index < -0.39 is 12.1 Å². The van der Waals surface area contributed by atoms with Gasteiger partial charge in [0.05, 0.1) is 19.2 Å². The highest BCUT2D eigenvalue weighted by molar-refractivity contribution is 7.12. The van der Waals surface area contributed by atoms with Crippen LogP contribution in [0.4, 0.5) is 0 Å². The molecule has 1 heterocycles. The lowest BCUT2D eigenvalue weighted by Gasteiger charge is -2.08. The van der Waals surface area contributed by atoms with Crippen molar-refractivity contribution in [1.82, 2.24) is 5.32 Å². The van der Waals surface area contributed by atoms with Gasteiger partial charge in [0.25, 0.3) is 5.91 Å². The summed E-state index contributed by atoms with van der Waals surface area (Å²) in [6, 6.07) is 19.5. The van der Waals surface area contributed by atoms with Crippen molar-refractivity contribution >= 4 is 23.2 Å². The number of hydrogen-bond donors (Lipinski definition) is 2. The standard InChI is InChI=1S/C21H19NO4S/c1-26-21(25)16-9-7-15(8-10-16)20(24)22-13-17-11-12-18(27-17)19(23)14-5-3-2-4-6-14/h2-12,19,23H,13H2,1H3,(H,22,24)/t19-/m1/s1. The van der Waals surface area contributed by atoms with Gasteiger partial charge in [-0.15, -0.1) is 11.3 Å². The van der Waals surface area contributed by atoms with Crippen LogP contribution >= 0.6 is 11.3 Å². The second-order valence-corrected chi connectivity index (χ2v) is 7.07. The zero-order valence-electron chi connectivity index (χ0n) is 14.7. The predicted molar refractivity (Wildman–Crippen MR) is 104 cm³/mol. The summed E-state index contributed by atoms with van der Waals surface area (Å²) in [5, 5.41) is 13.3. The number of hydrogen-bond acceptors (Lipinski definition) is 5. The van der Waals surface area contributed by atoms with Gasteiger partial charge < -0.3 is 15.2 Å². The van der Waals surface area contributed by atoms with Crippen LogP contribution in [0.15, 0.2) is 66.7 Å². The maximum atomic E-state index is 12.3. The summed E-state index contributed by atoms with van der Waals surface area (Å²) < 4.78 is 4.64. The van der Waals surface area contributed by atoms with Gasteiger partial charge in [-0.1, -0.05) is 30.3 Å². The molecule has 6 heteroatoms. The predicted octanol–water partition coefficient (Wildman–Crippen LogP) is 3.55. The van der Waals surface area contributed by atoms with E-state index in [-0.39, 0.29) is 5.91 Å². The zero-order chi connectivity index (χ0) is 19.2. The Kier molecular flexibility index (Phi) is 6.01. The molecule has 138 valence electrons. The average Bonchev–Trinajstić information content (AvgIpc) is 3.20. The molecule has 27 heavy (non-hydrogen) atoms. The third kappa shape index (κ3) is 4.61. The second-order valence-electron chi connectivity index (χ2n) is 5.87. The van der Waals surface area contributed by atoms with Crippen LogP contribution in [0.25, 0.3) is 0 Å². The Balaban J connectivity index is 1.59. The van der Waals surface area contributed by atoms with E-state index in [1.165, 1.54) is 18.4 Å². The van der Waals surface area contributed by atoms with Gasteiger partial charge in [0.1, 0.15) is 6.10 Å². The second kappa shape index (κ2) is 8.62. The Morgan fingerprint density at radius 3 is 2.33 bits per heavy atom. The number of carbonyl (C=O) groups is 2. The first-order chi connectivity index (χ1) is 13.1. The molecule has 0 bridgehead atoms. The first-order valence-corrected chi connectivity index (χ1v) is 9.18. The molecule has 0 saturated heterocycles. The summed E-state index contributed by atoms with van der Waals surface area (Å²) in [7, 11) is 1.31. The van der Waals surface area contributed by atoms with Crippen molar-refractivity contribution in [3.8, 4) is 0 Å². The molecule has 3 aromatic rings. The molecule has 1 atom stereocenters. The van der Waals surface area contributed by atoms with Gasteiger partial charge in [0, 0.05) is 15.3 Å². The fourth-order valence-electron chi connectivity index (χ4n) is 2.58. The molecule has 0 saturated carbocycles. The first-order valence-electron chi connectivity index (χ1n) is 8.36. The fraction of sp³-hybridized carbons (Fsp3) is 0.143. The fourth-order valence-corrected chi connectivity index (χ4v) is 3.55. The molecule has 2 N–H and O–H groups in total. The molecule has 0 aliphatic carbocycles. The maximum Gasteiger partial charge on any atom is 0.337 e. The number of nitrogens with one attached hydrogen (secondary N) is 1. The Labute approximate surface area is 161 Å². The normalized spacial score (nSPS) is 11.6. The highest BCUT2D eigenvalue weighted by Gasteiger charge is 2.13. The summed E-state index contributed by atoms with van der Waals surface area (Å²) in [6.45, 7) is 0.365. The van der Waals surface area contributed by atoms with Gasteiger partial charge >= 0.3 is 5.97 Å². The van der Waals surface area contributed by atoms with Crippen molar-refractivity contribution in [2.75, 3.05) is 7.11 Å². The molecular formula is C21H19NO4S. The summed E-state index contributed by atoms with van der Waals surface area (Å²) in [5.74, 6) is -0.671. The number of ether oxygens (including phenoxy) is 1. The number of amides is 1. The van der Waals surface area contributed by atoms with E-state index in [4.69, 9.17) is 0 Å². The minimum absolute atomic E-state index is 0.232. The highest BCUT2D eigenvalue weighted by atomic mass is 32.1. The lowest BCUT2D eigenvalue weighted by Crippen LogP contribution is -2.22. The SMILES string of the molecule is COC(=O)c1ccc(C(=O)NCc2ccc([C@H](O)c3ccccc3)s2)cc1. The van der Waals surface area contributed by atoms with Crippen molar-refractivity contribution in [3.05, 3.63) is 93.2 Å². The number of esters is 1. The van der Waals surface area contributed by atoms with Crippen LogP contribution in [0.1, 0.15) is 42.1 Å². The van der Waals surface area contributed by atoms with Crippen LogP contribution in [0.2, 0.25) is 0 Å². The summed E-state index contributed by atoms with van der Waals surface area (Å²) in [6.07, 6.45) is -0.675. The van der Waals surface area contributed by atoms with Gasteiger partial charge in [-0.05, 0) is 42.0 Å². The highest BCUT2D eigenvalue weighted by Crippen LogP contribution is 2.28. The molecule has 0 aliphatic rings. The molecule has 2 aromatic carbocycles. The Morgan fingerprint density at radius 1 is 1.00 bits per heavy atom. The van der Waals surface area contributed by atoms with Crippen molar-refractivity contribution in [1.29, 1.82) is 0 Å². The zero-order valence-corrected chi connectivity index (χ0v) is 15.5. The van der Waals surface area contributed by atoms with Crippen molar-refractivity contribution in [3.63, 3.8) is 0 Å². The Morgan fingerprint density at radius 2 is 1.67 bits per heavy atom. The van der Waals surface area contributed by atoms with Crippen molar-refractivity contribution < 1.29 is 19.4 Å². The average molecular weight is 381 g/mol. The molecular weight excluding hydrogens is 362 g/mol. The molecule has 0 aliphatic heterocycles. The van der Waals surface area contributed by atoms with E-state index in [9.17, 15) is 14.7 Å². The lowest BCUT2D eigenvalue weighted by molar-refractivity contribution is 0.0600. The monoisotopic (exact) mass is 381 g/mol. The topological polar surface area (TPSA) is 75.6 Å². The smallest absolute Gasteiger partial charge is 0.337 e. The Bertz CT molecular complexity index is 919. The maximum absolute atomic E-state index is 12.3. The van der Waals surface area contributed by atoms with Gasteiger partial charge in [0.2, 0.25) is 0 Å². The van der Waals surface area contributed by atoms with Crippen LogP contribution in [0.5, 0.6) is 0 Å². The van der Waals surface area contributed by atoms with Crippen molar-refractivity contribution in [2.45, 2.75) is 12.6 Å². The minimum atomic E-state index is -0.675. The van der Waals surface area contributed by atoms with Crippen LogP contribution in [0, 0.1) is 0 Å². The van der Waals surface area contributed by atoms with Crippen LogP contribution in [0.3, 0.4) is 0 Å². The number of methoxy groups -OCH3 is 1. The number of thiophene rings is 1. The minimum Gasteiger partial charge on any atom is -0.465 e. The number of rotatable bonds is 6. The molecule has 1 amide bonds. The number of benzene rings is 2. The van der Waals surface area contributed by atoms with E-state index in [2.05, 4.69) is 10.1 Å². The van der Waals surface area contributed by atoms with Crippen LogP contribution < -0.4 is 5.32 Å². The molecule has 0 spiro atoms. The number of aliphatic hydroxyl groups excluding tert-OH is 1. The summed E-state index contributed by atoms with van der Waals surface area (Å²) in [5.41, 5.74) is 1.69. The molecule has 3 rings (SSSR count). The van der Waals surface area contributed by atoms with E-state index in [1.54, 1.807) is 24.3 Å². The van der Waals surface area contributed by atoms with Crippen LogP contribution in [-0.2, 0) is 11.3 Å².